The maximum Gasteiger partial charge on any atom is 0.325 e. The van der Waals surface area contributed by atoms with Crippen molar-refractivity contribution in [1.82, 2.24) is 5.32 Å². The number of carboxylic acids is 1. The summed E-state index contributed by atoms with van der Waals surface area (Å²) in [4.78, 5) is 30.6. The van der Waals surface area contributed by atoms with Crippen LogP contribution in [0.5, 0.6) is 0 Å². The van der Waals surface area contributed by atoms with Gasteiger partial charge in [0.15, 0.2) is 0 Å². The summed E-state index contributed by atoms with van der Waals surface area (Å²) in [6, 6.07) is -1.10. The molecule has 11 heavy (non-hydrogen) atoms. The molecular formula is C5H8N2O4. The van der Waals surface area contributed by atoms with Crippen molar-refractivity contribution in [3.05, 3.63) is 0 Å². The van der Waals surface area contributed by atoms with Gasteiger partial charge in [0.2, 0.25) is 0 Å². The number of hydrogen-bond acceptors (Lipinski definition) is 3. The second-order valence-electron chi connectivity index (χ2n) is 1.90. The molecule has 1 unspecified atom stereocenters. The van der Waals surface area contributed by atoms with Gasteiger partial charge >= 0.3 is 17.8 Å². The molecule has 2 amide bonds. The summed E-state index contributed by atoms with van der Waals surface area (Å²) < 4.78 is 0. The lowest BCUT2D eigenvalue weighted by atomic mass is 10.3. The molecular weight excluding hydrogens is 152 g/mol. The van der Waals surface area contributed by atoms with Gasteiger partial charge in [-0.3, -0.25) is 14.4 Å². The lowest BCUT2D eigenvalue weighted by Crippen LogP contribution is -2.44. The molecule has 0 bridgehead atoms. The van der Waals surface area contributed by atoms with Gasteiger partial charge in [-0.25, -0.2) is 0 Å². The first-order valence-electron chi connectivity index (χ1n) is 2.78. The van der Waals surface area contributed by atoms with Crippen molar-refractivity contribution in [2.75, 3.05) is 0 Å². The van der Waals surface area contributed by atoms with E-state index in [-0.39, 0.29) is 0 Å². The van der Waals surface area contributed by atoms with Crippen LogP contribution in [0.25, 0.3) is 0 Å². The number of rotatable bonds is 2. The van der Waals surface area contributed by atoms with Crippen LogP contribution in [0.4, 0.5) is 0 Å². The first-order chi connectivity index (χ1) is 4.95. The number of aliphatic carboxylic acids is 1. The van der Waals surface area contributed by atoms with E-state index in [1.54, 1.807) is 0 Å². The third kappa shape index (κ3) is 3.19. The van der Waals surface area contributed by atoms with Crippen molar-refractivity contribution in [2.45, 2.75) is 13.0 Å². The number of amides is 2. The summed E-state index contributed by atoms with van der Waals surface area (Å²) >= 11 is 0. The van der Waals surface area contributed by atoms with Crippen molar-refractivity contribution in [1.29, 1.82) is 0 Å². The standard InChI is InChI=1S/C5H8N2O4/c1-2(5(10)11)7-4(9)3(6)8/h2H,1H3,(H2,6,8)(H,7,9)(H,10,11). The highest BCUT2D eigenvalue weighted by molar-refractivity contribution is 6.34. The van der Waals surface area contributed by atoms with Crippen LogP contribution in [0.2, 0.25) is 0 Å². The average Bonchev–Trinajstić information content (AvgIpc) is 1.87. The second kappa shape index (κ2) is 3.55. The molecule has 62 valence electrons. The fourth-order valence-corrected chi connectivity index (χ4v) is 0.330. The second-order valence-corrected chi connectivity index (χ2v) is 1.90. The van der Waals surface area contributed by atoms with Gasteiger partial charge in [0.1, 0.15) is 6.04 Å². The SMILES string of the molecule is CC(NC(=O)C(N)=O)C(=O)O. The molecule has 0 fully saturated rings. The normalized spacial score (nSPS) is 11.7. The molecule has 0 aromatic heterocycles. The Morgan fingerprint density at radius 3 is 2.18 bits per heavy atom. The molecule has 0 aromatic carbocycles. The van der Waals surface area contributed by atoms with E-state index in [2.05, 4.69) is 5.73 Å². The molecule has 4 N–H and O–H groups in total. The van der Waals surface area contributed by atoms with Gasteiger partial charge in [-0.1, -0.05) is 0 Å². The average molecular weight is 160 g/mol. The molecule has 0 rings (SSSR count). The summed E-state index contributed by atoms with van der Waals surface area (Å²) in [5.74, 6) is -3.52. The maximum absolute atomic E-state index is 10.4. The number of carbonyl (C=O) groups excluding carboxylic acids is 2. The molecule has 0 radical (unpaired) electrons. The molecule has 0 saturated carbocycles. The van der Waals surface area contributed by atoms with Crippen LogP contribution in [0.3, 0.4) is 0 Å². The van der Waals surface area contributed by atoms with Crippen molar-refractivity contribution >= 4 is 17.8 Å². The van der Waals surface area contributed by atoms with Crippen molar-refractivity contribution in [3.8, 4) is 0 Å². The Bertz CT molecular complexity index is 201. The Morgan fingerprint density at radius 1 is 1.45 bits per heavy atom. The van der Waals surface area contributed by atoms with Gasteiger partial charge in [0, 0.05) is 0 Å². The van der Waals surface area contributed by atoms with E-state index >= 15 is 0 Å². The van der Waals surface area contributed by atoms with Crippen LogP contribution < -0.4 is 11.1 Å². The van der Waals surface area contributed by atoms with Crippen LogP contribution in [0.1, 0.15) is 6.92 Å². The number of nitrogens with two attached hydrogens (primary N) is 1. The fraction of sp³-hybridized carbons (Fsp3) is 0.400. The van der Waals surface area contributed by atoms with E-state index in [1.807, 2.05) is 5.32 Å². The van der Waals surface area contributed by atoms with Gasteiger partial charge in [-0.2, -0.15) is 0 Å². The monoisotopic (exact) mass is 160 g/mol. The Labute approximate surface area is 62.4 Å². The van der Waals surface area contributed by atoms with Crippen LogP contribution in [-0.2, 0) is 14.4 Å². The highest BCUT2D eigenvalue weighted by Crippen LogP contribution is 1.79. The molecule has 1 atom stereocenters. The zero-order valence-corrected chi connectivity index (χ0v) is 5.83. The van der Waals surface area contributed by atoms with Gasteiger partial charge in [-0.15, -0.1) is 0 Å². The van der Waals surface area contributed by atoms with E-state index < -0.39 is 23.8 Å². The Balaban J connectivity index is 3.95. The van der Waals surface area contributed by atoms with Crippen LogP contribution in [-0.4, -0.2) is 28.9 Å². The van der Waals surface area contributed by atoms with Crippen LogP contribution in [0, 0.1) is 0 Å². The smallest absolute Gasteiger partial charge is 0.325 e. The Kier molecular flexibility index (Phi) is 3.03. The third-order valence-electron chi connectivity index (χ3n) is 0.942. The van der Waals surface area contributed by atoms with Crippen molar-refractivity contribution < 1.29 is 19.5 Å². The zero-order chi connectivity index (χ0) is 9.02. The highest BCUT2D eigenvalue weighted by atomic mass is 16.4. The minimum absolute atomic E-state index is 1.10. The minimum Gasteiger partial charge on any atom is -0.480 e. The first-order valence-corrected chi connectivity index (χ1v) is 2.78. The lowest BCUT2D eigenvalue weighted by molar-refractivity contribution is -0.143. The number of nitrogens with one attached hydrogen (secondary N) is 1. The van der Waals surface area contributed by atoms with E-state index in [9.17, 15) is 14.4 Å². The van der Waals surface area contributed by atoms with Gasteiger partial charge in [-0.05, 0) is 6.92 Å². The molecule has 0 aromatic rings. The number of carboxylic acid groups (broad SMARTS) is 1. The molecule has 0 aliphatic heterocycles. The molecule has 0 aliphatic rings. The lowest BCUT2D eigenvalue weighted by Gasteiger charge is -2.05. The summed E-state index contributed by atoms with van der Waals surface area (Å²) in [5.41, 5.74) is 4.54. The summed E-state index contributed by atoms with van der Waals surface area (Å²) in [6.45, 7) is 1.23. The summed E-state index contributed by atoms with van der Waals surface area (Å²) in [7, 11) is 0. The van der Waals surface area contributed by atoms with Gasteiger partial charge in [0.25, 0.3) is 0 Å². The number of primary amides is 1. The Morgan fingerprint density at radius 2 is 1.91 bits per heavy atom. The molecule has 6 nitrogen and oxygen atoms in total. The van der Waals surface area contributed by atoms with Crippen molar-refractivity contribution in [2.24, 2.45) is 5.73 Å². The first kappa shape index (κ1) is 9.41. The molecule has 0 heterocycles. The van der Waals surface area contributed by atoms with Crippen LogP contribution >= 0.6 is 0 Å². The van der Waals surface area contributed by atoms with E-state index in [4.69, 9.17) is 5.11 Å². The third-order valence-corrected chi connectivity index (χ3v) is 0.942. The predicted octanol–water partition coefficient (Wildman–Crippen LogP) is -1.94. The summed E-state index contributed by atoms with van der Waals surface area (Å²) in [5, 5.41) is 10.1. The molecule has 0 saturated heterocycles. The summed E-state index contributed by atoms with van der Waals surface area (Å²) in [6.07, 6.45) is 0. The molecule has 6 heteroatoms. The predicted molar refractivity (Wildman–Crippen MR) is 34.4 cm³/mol. The number of carbonyl (C=O) groups is 3. The van der Waals surface area contributed by atoms with Crippen LogP contribution in [0.15, 0.2) is 0 Å². The molecule has 0 aliphatic carbocycles. The molecule has 0 spiro atoms. The fourth-order valence-electron chi connectivity index (χ4n) is 0.330. The maximum atomic E-state index is 10.4. The topological polar surface area (TPSA) is 109 Å². The highest BCUT2D eigenvalue weighted by Gasteiger charge is 2.16. The zero-order valence-electron chi connectivity index (χ0n) is 5.83. The van der Waals surface area contributed by atoms with E-state index in [0.29, 0.717) is 0 Å². The van der Waals surface area contributed by atoms with E-state index in [1.165, 1.54) is 6.92 Å². The number of hydrogen-bond donors (Lipinski definition) is 3. The van der Waals surface area contributed by atoms with E-state index in [0.717, 1.165) is 0 Å². The Hall–Kier alpha value is -1.59. The quantitative estimate of drug-likeness (QED) is 0.408. The van der Waals surface area contributed by atoms with Gasteiger partial charge < -0.3 is 16.2 Å². The minimum atomic E-state index is -1.22. The van der Waals surface area contributed by atoms with Gasteiger partial charge in [0.05, 0.1) is 0 Å². The van der Waals surface area contributed by atoms with Crippen molar-refractivity contribution in [3.63, 3.8) is 0 Å². The largest absolute Gasteiger partial charge is 0.480 e.